The molecule has 0 spiro atoms. The zero-order chi connectivity index (χ0) is 21.7. The SMILES string of the molecule is COc1cc(CNC(=O)C2CC(=O)N(c3ccc(SC)cc3)C2)cc(OC)c1OC. The Bertz CT molecular complexity index is 891. The number of benzene rings is 2. The molecule has 7 nitrogen and oxygen atoms in total. The number of anilines is 1. The minimum atomic E-state index is -0.389. The molecule has 0 aliphatic carbocycles. The van der Waals surface area contributed by atoms with Crippen LogP contribution in [0.25, 0.3) is 0 Å². The number of rotatable bonds is 8. The van der Waals surface area contributed by atoms with Crippen molar-refractivity contribution >= 4 is 29.3 Å². The fraction of sp³-hybridized carbons (Fsp3) is 0.364. The molecule has 0 saturated carbocycles. The number of ether oxygens (including phenoxy) is 3. The highest BCUT2D eigenvalue weighted by molar-refractivity contribution is 7.98. The van der Waals surface area contributed by atoms with Crippen LogP contribution < -0.4 is 24.4 Å². The maximum atomic E-state index is 12.7. The number of thioether (sulfide) groups is 1. The number of hydrogen-bond acceptors (Lipinski definition) is 6. The van der Waals surface area contributed by atoms with Gasteiger partial charge in [-0.3, -0.25) is 9.59 Å². The van der Waals surface area contributed by atoms with Gasteiger partial charge < -0.3 is 24.4 Å². The Hall–Kier alpha value is -2.87. The number of amides is 2. The summed E-state index contributed by atoms with van der Waals surface area (Å²) >= 11 is 1.64. The van der Waals surface area contributed by atoms with Crippen molar-refractivity contribution in [3.05, 3.63) is 42.0 Å². The van der Waals surface area contributed by atoms with Gasteiger partial charge in [-0.2, -0.15) is 0 Å². The zero-order valence-corrected chi connectivity index (χ0v) is 18.4. The van der Waals surface area contributed by atoms with Crippen molar-refractivity contribution in [2.75, 3.05) is 39.0 Å². The van der Waals surface area contributed by atoms with Gasteiger partial charge in [0.25, 0.3) is 0 Å². The first kappa shape index (κ1) is 21.8. The van der Waals surface area contributed by atoms with Crippen molar-refractivity contribution in [3.63, 3.8) is 0 Å². The highest BCUT2D eigenvalue weighted by Gasteiger charge is 2.35. The lowest BCUT2D eigenvalue weighted by atomic mass is 10.1. The molecule has 2 aromatic carbocycles. The lowest BCUT2D eigenvalue weighted by Crippen LogP contribution is -2.32. The number of methoxy groups -OCH3 is 3. The highest BCUT2D eigenvalue weighted by Crippen LogP contribution is 2.38. The molecule has 30 heavy (non-hydrogen) atoms. The van der Waals surface area contributed by atoms with E-state index in [1.54, 1.807) is 50.1 Å². The second-order valence-corrected chi connectivity index (χ2v) is 7.73. The van der Waals surface area contributed by atoms with Gasteiger partial charge in [-0.25, -0.2) is 0 Å². The topological polar surface area (TPSA) is 77.1 Å². The number of carbonyl (C=O) groups excluding carboxylic acids is 2. The van der Waals surface area contributed by atoms with Gasteiger partial charge in [0.2, 0.25) is 17.6 Å². The van der Waals surface area contributed by atoms with Gasteiger partial charge in [0.1, 0.15) is 0 Å². The Labute approximate surface area is 180 Å². The summed E-state index contributed by atoms with van der Waals surface area (Å²) in [4.78, 5) is 27.9. The standard InChI is InChI=1S/C22H26N2O5S/c1-27-18-9-14(10-19(28-2)21(18)29-3)12-23-22(26)15-11-20(25)24(13-15)16-5-7-17(30-4)8-6-16/h5-10,15H,11-13H2,1-4H3,(H,23,26). The highest BCUT2D eigenvalue weighted by atomic mass is 32.2. The minimum Gasteiger partial charge on any atom is -0.493 e. The average Bonchev–Trinajstić information content (AvgIpc) is 3.18. The molecule has 2 amide bonds. The minimum absolute atomic E-state index is 0.0418. The van der Waals surface area contributed by atoms with Gasteiger partial charge in [-0.1, -0.05) is 0 Å². The Morgan fingerprint density at radius 3 is 2.27 bits per heavy atom. The van der Waals surface area contributed by atoms with E-state index in [9.17, 15) is 9.59 Å². The van der Waals surface area contributed by atoms with Gasteiger partial charge >= 0.3 is 0 Å². The molecule has 1 heterocycles. The predicted molar refractivity (Wildman–Crippen MR) is 117 cm³/mol. The first-order valence-corrected chi connectivity index (χ1v) is 10.7. The van der Waals surface area contributed by atoms with E-state index in [0.717, 1.165) is 16.1 Å². The third kappa shape index (κ3) is 4.64. The van der Waals surface area contributed by atoms with E-state index < -0.39 is 0 Å². The first-order chi connectivity index (χ1) is 14.5. The Kier molecular flexibility index (Phi) is 7.10. The summed E-state index contributed by atoms with van der Waals surface area (Å²) < 4.78 is 16.0. The molecule has 0 aromatic heterocycles. The summed E-state index contributed by atoms with van der Waals surface area (Å²) in [7, 11) is 4.63. The molecule has 1 unspecified atom stereocenters. The normalized spacial score (nSPS) is 15.8. The van der Waals surface area contributed by atoms with Crippen molar-refractivity contribution in [2.24, 2.45) is 5.92 Å². The molecule has 1 N–H and O–H groups in total. The number of nitrogens with zero attached hydrogens (tertiary/aromatic N) is 1. The molecule has 1 fully saturated rings. The van der Waals surface area contributed by atoms with Gasteiger partial charge in [0.05, 0.1) is 27.2 Å². The van der Waals surface area contributed by atoms with Gasteiger partial charge in [0.15, 0.2) is 11.5 Å². The van der Waals surface area contributed by atoms with E-state index in [0.29, 0.717) is 30.3 Å². The van der Waals surface area contributed by atoms with Crippen molar-refractivity contribution < 1.29 is 23.8 Å². The first-order valence-electron chi connectivity index (χ1n) is 9.51. The van der Waals surface area contributed by atoms with Crippen LogP contribution >= 0.6 is 11.8 Å². The summed E-state index contributed by atoms with van der Waals surface area (Å²) in [5.74, 6) is 0.966. The van der Waals surface area contributed by atoms with E-state index in [2.05, 4.69) is 5.32 Å². The molecular weight excluding hydrogens is 404 g/mol. The van der Waals surface area contributed by atoms with Crippen LogP contribution in [-0.2, 0) is 16.1 Å². The zero-order valence-electron chi connectivity index (χ0n) is 17.6. The molecule has 1 aliphatic heterocycles. The van der Waals surface area contributed by atoms with E-state index in [-0.39, 0.29) is 24.2 Å². The van der Waals surface area contributed by atoms with Crippen LogP contribution in [0.5, 0.6) is 17.2 Å². The molecule has 1 saturated heterocycles. The third-order valence-corrected chi connectivity index (χ3v) is 5.81. The maximum Gasteiger partial charge on any atom is 0.227 e. The Balaban J connectivity index is 1.65. The molecular formula is C22H26N2O5S. The third-order valence-electron chi connectivity index (χ3n) is 5.07. The quantitative estimate of drug-likeness (QED) is 0.649. The summed E-state index contributed by atoms with van der Waals surface area (Å²) in [5, 5.41) is 2.92. The molecule has 3 rings (SSSR count). The smallest absolute Gasteiger partial charge is 0.227 e. The molecule has 160 valence electrons. The van der Waals surface area contributed by atoms with Crippen molar-refractivity contribution in [3.8, 4) is 17.2 Å². The average molecular weight is 431 g/mol. The van der Waals surface area contributed by atoms with Crippen LogP contribution in [0, 0.1) is 5.92 Å². The Morgan fingerprint density at radius 1 is 1.10 bits per heavy atom. The van der Waals surface area contributed by atoms with E-state index in [1.807, 2.05) is 30.5 Å². The van der Waals surface area contributed by atoms with Crippen molar-refractivity contribution in [1.82, 2.24) is 5.32 Å². The summed E-state index contributed by atoms with van der Waals surface area (Å²) in [6.45, 7) is 0.668. The maximum absolute atomic E-state index is 12.7. The second kappa shape index (κ2) is 9.75. The van der Waals surface area contributed by atoms with E-state index >= 15 is 0 Å². The van der Waals surface area contributed by atoms with Crippen LogP contribution in [0.4, 0.5) is 5.69 Å². The van der Waals surface area contributed by atoms with E-state index in [1.165, 1.54) is 0 Å². The second-order valence-electron chi connectivity index (χ2n) is 6.85. The number of carbonyl (C=O) groups is 2. The van der Waals surface area contributed by atoms with Crippen LogP contribution in [0.3, 0.4) is 0 Å². The van der Waals surface area contributed by atoms with Crippen LogP contribution in [-0.4, -0.2) is 45.9 Å². The molecule has 1 atom stereocenters. The lowest BCUT2D eigenvalue weighted by Gasteiger charge is -2.17. The predicted octanol–water partition coefficient (Wildman–Crippen LogP) is 3.10. The molecule has 0 radical (unpaired) electrons. The summed E-state index contributed by atoms with van der Waals surface area (Å²) in [5.41, 5.74) is 1.63. The van der Waals surface area contributed by atoms with Crippen LogP contribution in [0.1, 0.15) is 12.0 Å². The number of nitrogens with one attached hydrogen (secondary N) is 1. The Morgan fingerprint density at radius 2 is 1.73 bits per heavy atom. The van der Waals surface area contributed by atoms with E-state index in [4.69, 9.17) is 14.2 Å². The monoisotopic (exact) mass is 430 g/mol. The fourth-order valence-electron chi connectivity index (χ4n) is 3.47. The van der Waals surface area contributed by atoms with Gasteiger partial charge in [-0.05, 0) is 48.2 Å². The lowest BCUT2D eigenvalue weighted by molar-refractivity contribution is -0.126. The van der Waals surface area contributed by atoms with Crippen LogP contribution in [0.15, 0.2) is 41.3 Å². The van der Waals surface area contributed by atoms with Gasteiger partial charge in [-0.15, -0.1) is 11.8 Å². The summed E-state index contributed by atoms with van der Waals surface area (Å²) in [6, 6.07) is 11.4. The van der Waals surface area contributed by atoms with Gasteiger partial charge in [0, 0.05) is 30.1 Å². The molecule has 1 aliphatic rings. The summed E-state index contributed by atoms with van der Waals surface area (Å²) in [6.07, 6.45) is 2.20. The van der Waals surface area contributed by atoms with Crippen LogP contribution in [0.2, 0.25) is 0 Å². The molecule has 2 aromatic rings. The number of hydrogen-bond donors (Lipinski definition) is 1. The molecule has 8 heteroatoms. The fourth-order valence-corrected chi connectivity index (χ4v) is 3.87. The van der Waals surface area contributed by atoms with Crippen molar-refractivity contribution in [1.29, 1.82) is 0 Å². The molecule has 0 bridgehead atoms. The largest absolute Gasteiger partial charge is 0.493 e. The van der Waals surface area contributed by atoms with Crippen molar-refractivity contribution in [2.45, 2.75) is 17.9 Å².